The van der Waals surface area contributed by atoms with Crippen molar-refractivity contribution in [3.63, 3.8) is 0 Å². The molecule has 1 atom stereocenters. The van der Waals surface area contributed by atoms with Crippen LogP contribution in [-0.2, 0) is 9.53 Å². The van der Waals surface area contributed by atoms with Crippen molar-refractivity contribution in [1.29, 1.82) is 0 Å². The second kappa shape index (κ2) is 11.2. The Hall–Kier alpha value is -1.51. The van der Waals surface area contributed by atoms with Crippen molar-refractivity contribution in [1.82, 2.24) is 0 Å². The third-order valence-corrected chi connectivity index (χ3v) is 3.49. The van der Waals surface area contributed by atoms with Crippen molar-refractivity contribution < 1.29 is 13.9 Å². The summed E-state index contributed by atoms with van der Waals surface area (Å²) in [6.07, 6.45) is 12.1. The summed E-state index contributed by atoms with van der Waals surface area (Å²) in [5.74, 6) is 0.616. The van der Waals surface area contributed by atoms with Crippen LogP contribution in [0.3, 0.4) is 0 Å². The van der Waals surface area contributed by atoms with Crippen LogP contribution in [0.15, 0.2) is 35.5 Å². The summed E-state index contributed by atoms with van der Waals surface area (Å²) >= 11 is 0. The number of carbonyl (C=O) groups is 1. The third-order valence-electron chi connectivity index (χ3n) is 3.49. The number of furan rings is 1. The predicted molar refractivity (Wildman–Crippen MR) is 85.0 cm³/mol. The highest BCUT2D eigenvalue weighted by molar-refractivity contribution is 5.69. The van der Waals surface area contributed by atoms with Gasteiger partial charge >= 0.3 is 5.97 Å². The molecule has 1 heterocycles. The molecule has 3 heteroatoms. The molecule has 0 bridgehead atoms. The quantitative estimate of drug-likeness (QED) is 0.287. The zero-order chi connectivity index (χ0) is 15.3. The Morgan fingerprint density at radius 3 is 2.81 bits per heavy atom. The van der Waals surface area contributed by atoms with Gasteiger partial charge in [-0.2, -0.15) is 0 Å². The number of unbranched alkanes of at least 4 members (excludes halogenated alkanes) is 5. The summed E-state index contributed by atoms with van der Waals surface area (Å²) in [7, 11) is 0. The molecule has 0 aromatic carbocycles. The fraction of sp³-hybridized carbons (Fsp3) is 0.611. The lowest BCUT2D eigenvalue weighted by molar-refractivity contribution is -0.151. The average molecular weight is 292 g/mol. The minimum absolute atomic E-state index is 0.119. The van der Waals surface area contributed by atoms with Gasteiger partial charge in [-0.1, -0.05) is 38.7 Å². The highest BCUT2D eigenvalue weighted by Gasteiger charge is 2.18. The second-order valence-electron chi connectivity index (χ2n) is 5.38. The van der Waals surface area contributed by atoms with Gasteiger partial charge in [0.1, 0.15) is 5.76 Å². The summed E-state index contributed by atoms with van der Waals surface area (Å²) in [4.78, 5) is 11.9. The highest BCUT2D eigenvalue weighted by atomic mass is 16.6. The summed E-state index contributed by atoms with van der Waals surface area (Å²) in [6.45, 7) is 5.90. The van der Waals surface area contributed by atoms with Gasteiger partial charge in [0.05, 0.1) is 6.26 Å². The van der Waals surface area contributed by atoms with Crippen LogP contribution in [0.25, 0.3) is 0 Å². The maximum atomic E-state index is 11.9. The molecular weight excluding hydrogens is 264 g/mol. The fourth-order valence-corrected chi connectivity index (χ4v) is 2.27. The molecule has 1 rings (SSSR count). The summed E-state index contributed by atoms with van der Waals surface area (Å²) in [5.41, 5.74) is 0. The van der Waals surface area contributed by atoms with Crippen LogP contribution >= 0.6 is 0 Å². The van der Waals surface area contributed by atoms with Crippen LogP contribution in [-0.4, -0.2) is 5.97 Å². The first-order chi connectivity index (χ1) is 10.3. The van der Waals surface area contributed by atoms with E-state index < -0.39 is 0 Å². The monoisotopic (exact) mass is 292 g/mol. The van der Waals surface area contributed by atoms with Gasteiger partial charge in [0, 0.05) is 6.42 Å². The number of hydrogen-bond donors (Lipinski definition) is 0. The van der Waals surface area contributed by atoms with Gasteiger partial charge in [-0.25, -0.2) is 0 Å². The Morgan fingerprint density at radius 1 is 1.33 bits per heavy atom. The molecule has 0 aliphatic carbocycles. The standard InChI is InChI=1S/C18H28O3/c1-3-5-7-8-10-14-18(19)21-17(12-9-6-4-2)16-13-11-15-20-16/h4,11,13,15,17H,2-3,5-10,12,14H2,1H3. The van der Waals surface area contributed by atoms with Gasteiger partial charge in [0.2, 0.25) is 0 Å². The zero-order valence-electron chi connectivity index (χ0n) is 13.2. The van der Waals surface area contributed by atoms with Crippen molar-refractivity contribution in [2.75, 3.05) is 0 Å². The van der Waals surface area contributed by atoms with Gasteiger partial charge in [-0.3, -0.25) is 4.79 Å². The van der Waals surface area contributed by atoms with Gasteiger partial charge < -0.3 is 9.15 Å². The summed E-state index contributed by atoms with van der Waals surface area (Å²) in [5, 5.41) is 0. The van der Waals surface area contributed by atoms with E-state index in [1.54, 1.807) is 6.26 Å². The number of allylic oxidation sites excluding steroid dienone is 1. The largest absolute Gasteiger partial charge is 0.465 e. The first-order valence-electron chi connectivity index (χ1n) is 8.11. The minimum atomic E-state index is -0.261. The molecule has 118 valence electrons. The lowest BCUT2D eigenvalue weighted by atomic mass is 10.1. The van der Waals surface area contributed by atoms with Gasteiger partial charge in [0.15, 0.2) is 6.10 Å². The Morgan fingerprint density at radius 2 is 2.14 bits per heavy atom. The smallest absolute Gasteiger partial charge is 0.306 e. The number of hydrogen-bond acceptors (Lipinski definition) is 3. The molecule has 0 radical (unpaired) electrons. The van der Waals surface area contributed by atoms with Crippen LogP contribution < -0.4 is 0 Å². The van der Waals surface area contributed by atoms with Crippen LogP contribution in [0, 0.1) is 0 Å². The van der Waals surface area contributed by atoms with E-state index in [0.29, 0.717) is 6.42 Å². The molecule has 0 aliphatic heterocycles. The zero-order valence-corrected chi connectivity index (χ0v) is 13.2. The SMILES string of the molecule is C=CCCCC(OC(=O)CCCCCCC)c1ccco1. The van der Waals surface area contributed by atoms with E-state index in [1.807, 2.05) is 18.2 Å². The first kappa shape index (κ1) is 17.5. The number of rotatable bonds is 12. The molecule has 0 saturated carbocycles. The first-order valence-corrected chi connectivity index (χ1v) is 8.11. The van der Waals surface area contributed by atoms with Crippen LogP contribution in [0.1, 0.15) is 76.6 Å². The summed E-state index contributed by atoms with van der Waals surface area (Å²) < 4.78 is 11.0. The molecule has 21 heavy (non-hydrogen) atoms. The highest BCUT2D eigenvalue weighted by Crippen LogP contribution is 2.25. The maximum Gasteiger partial charge on any atom is 0.306 e. The van der Waals surface area contributed by atoms with E-state index in [2.05, 4.69) is 13.5 Å². The average Bonchev–Trinajstić information content (AvgIpc) is 3.00. The van der Waals surface area contributed by atoms with Crippen molar-refractivity contribution >= 4 is 5.97 Å². The van der Waals surface area contributed by atoms with Gasteiger partial charge in [-0.05, 0) is 37.8 Å². The van der Waals surface area contributed by atoms with E-state index in [-0.39, 0.29) is 12.1 Å². The van der Waals surface area contributed by atoms with Crippen LogP contribution in [0.5, 0.6) is 0 Å². The molecule has 0 spiro atoms. The number of esters is 1. The minimum Gasteiger partial charge on any atom is -0.465 e. The number of carbonyl (C=O) groups excluding carboxylic acids is 1. The third kappa shape index (κ3) is 7.74. The second-order valence-corrected chi connectivity index (χ2v) is 5.38. The molecule has 3 nitrogen and oxygen atoms in total. The van der Waals surface area contributed by atoms with Crippen LogP contribution in [0.4, 0.5) is 0 Å². The predicted octanol–water partition coefficient (Wildman–Crippen LogP) is 5.58. The van der Waals surface area contributed by atoms with Gasteiger partial charge in [-0.15, -0.1) is 6.58 Å². The molecule has 0 fully saturated rings. The molecule has 0 amide bonds. The van der Waals surface area contributed by atoms with Gasteiger partial charge in [0.25, 0.3) is 0 Å². The fourth-order valence-electron chi connectivity index (χ4n) is 2.27. The number of ether oxygens (including phenoxy) is 1. The molecular formula is C18H28O3. The van der Waals surface area contributed by atoms with Crippen LogP contribution in [0.2, 0.25) is 0 Å². The topological polar surface area (TPSA) is 39.4 Å². The Labute approximate surface area is 128 Å². The van der Waals surface area contributed by atoms with E-state index >= 15 is 0 Å². The van der Waals surface area contributed by atoms with E-state index in [0.717, 1.165) is 37.9 Å². The molecule has 1 aromatic rings. The van der Waals surface area contributed by atoms with E-state index in [1.165, 1.54) is 19.3 Å². The maximum absolute atomic E-state index is 11.9. The molecule has 0 saturated heterocycles. The van der Waals surface area contributed by atoms with Crippen molar-refractivity contribution in [2.45, 2.75) is 70.8 Å². The molecule has 0 N–H and O–H groups in total. The molecule has 1 aromatic heterocycles. The summed E-state index contributed by atoms with van der Waals surface area (Å²) in [6, 6.07) is 3.70. The van der Waals surface area contributed by atoms with Crippen molar-refractivity contribution in [3.8, 4) is 0 Å². The van der Waals surface area contributed by atoms with Crippen molar-refractivity contribution in [2.24, 2.45) is 0 Å². The van der Waals surface area contributed by atoms with Crippen molar-refractivity contribution in [3.05, 3.63) is 36.8 Å². The Bertz CT molecular complexity index is 381. The lowest BCUT2D eigenvalue weighted by Crippen LogP contribution is -2.11. The normalized spacial score (nSPS) is 12.0. The lowest BCUT2D eigenvalue weighted by Gasteiger charge is -2.15. The van der Waals surface area contributed by atoms with E-state index in [4.69, 9.17) is 9.15 Å². The Balaban J connectivity index is 2.33. The van der Waals surface area contributed by atoms with E-state index in [9.17, 15) is 4.79 Å². The molecule has 1 unspecified atom stereocenters. The molecule has 0 aliphatic rings. The Kier molecular flexibility index (Phi) is 9.34.